The lowest BCUT2D eigenvalue weighted by Crippen LogP contribution is -2.28. The summed E-state index contributed by atoms with van der Waals surface area (Å²) >= 11 is 0. The molecule has 1 aromatic heterocycles. The van der Waals surface area contributed by atoms with Crippen LogP contribution in [0.25, 0.3) is 0 Å². The number of ether oxygens (including phenoxy) is 1. The summed E-state index contributed by atoms with van der Waals surface area (Å²) in [6, 6.07) is 2.46. The number of carbonyl (C=O) groups is 2. The first-order chi connectivity index (χ1) is 10.2. The monoisotopic (exact) mass is 320 g/mol. The molecule has 0 aliphatic carbocycles. The van der Waals surface area contributed by atoms with E-state index >= 15 is 0 Å². The van der Waals surface area contributed by atoms with Gasteiger partial charge in [-0.3, -0.25) is 9.59 Å². The minimum atomic E-state index is -4.49. The SMILES string of the molecule is CN(CCCC(=O)O)C(=O)c1ccnc(OCC(F)(F)F)c1. The molecule has 0 atom stereocenters. The molecular weight excluding hydrogens is 305 g/mol. The molecule has 0 unspecified atom stereocenters. The molecule has 22 heavy (non-hydrogen) atoms. The summed E-state index contributed by atoms with van der Waals surface area (Å²) in [7, 11) is 1.47. The van der Waals surface area contributed by atoms with E-state index in [4.69, 9.17) is 5.11 Å². The Balaban J connectivity index is 2.63. The van der Waals surface area contributed by atoms with Gasteiger partial charge in [0.25, 0.3) is 5.91 Å². The molecule has 0 radical (unpaired) electrons. The Labute approximate surface area is 124 Å². The average Bonchev–Trinajstić information content (AvgIpc) is 2.43. The van der Waals surface area contributed by atoms with E-state index in [-0.39, 0.29) is 30.8 Å². The summed E-state index contributed by atoms with van der Waals surface area (Å²) in [6.07, 6.45) is -3.12. The number of carboxylic acid groups (broad SMARTS) is 1. The smallest absolute Gasteiger partial charge is 0.422 e. The number of rotatable bonds is 7. The Hall–Kier alpha value is -2.32. The number of carboxylic acids is 1. The van der Waals surface area contributed by atoms with Crippen LogP contribution in [0, 0.1) is 0 Å². The molecule has 0 aromatic carbocycles. The number of aliphatic carboxylic acids is 1. The van der Waals surface area contributed by atoms with Gasteiger partial charge in [-0.1, -0.05) is 0 Å². The minimum Gasteiger partial charge on any atom is -0.481 e. The van der Waals surface area contributed by atoms with Crippen LogP contribution in [-0.2, 0) is 4.79 Å². The molecular formula is C13H15F3N2O4. The van der Waals surface area contributed by atoms with Crippen molar-refractivity contribution in [3.63, 3.8) is 0 Å². The van der Waals surface area contributed by atoms with Crippen molar-refractivity contribution in [3.8, 4) is 5.88 Å². The van der Waals surface area contributed by atoms with Gasteiger partial charge >= 0.3 is 12.1 Å². The number of hydrogen-bond donors (Lipinski definition) is 1. The van der Waals surface area contributed by atoms with Gasteiger partial charge in [0.1, 0.15) is 0 Å². The number of pyridine rings is 1. The average molecular weight is 320 g/mol. The Kier molecular flexibility index (Phi) is 6.14. The van der Waals surface area contributed by atoms with Gasteiger partial charge in [0.05, 0.1) is 0 Å². The Morgan fingerprint density at radius 2 is 2.09 bits per heavy atom. The third-order valence-electron chi connectivity index (χ3n) is 2.60. The highest BCUT2D eigenvalue weighted by atomic mass is 19.4. The van der Waals surface area contributed by atoms with Crippen molar-refractivity contribution in [2.24, 2.45) is 0 Å². The predicted octanol–water partition coefficient (Wildman–Crippen LogP) is 1.96. The molecule has 0 spiro atoms. The molecule has 1 heterocycles. The van der Waals surface area contributed by atoms with Crippen molar-refractivity contribution in [1.82, 2.24) is 9.88 Å². The molecule has 0 bridgehead atoms. The first-order valence-electron chi connectivity index (χ1n) is 6.32. The van der Waals surface area contributed by atoms with Crippen molar-refractivity contribution in [2.75, 3.05) is 20.2 Å². The summed E-state index contributed by atoms with van der Waals surface area (Å²) in [5.74, 6) is -1.72. The molecule has 1 N–H and O–H groups in total. The van der Waals surface area contributed by atoms with Gasteiger partial charge in [0, 0.05) is 37.8 Å². The zero-order valence-corrected chi connectivity index (χ0v) is 11.8. The number of amides is 1. The molecule has 0 aliphatic heterocycles. The predicted molar refractivity (Wildman–Crippen MR) is 69.6 cm³/mol. The second kappa shape index (κ2) is 7.62. The van der Waals surface area contributed by atoms with Gasteiger partial charge in [-0.05, 0) is 12.5 Å². The van der Waals surface area contributed by atoms with Crippen molar-refractivity contribution in [1.29, 1.82) is 0 Å². The number of hydrogen-bond acceptors (Lipinski definition) is 4. The Morgan fingerprint density at radius 3 is 2.68 bits per heavy atom. The van der Waals surface area contributed by atoms with E-state index in [0.29, 0.717) is 0 Å². The Bertz CT molecular complexity index is 534. The highest BCUT2D eigenvalue weighted by Gasteiger charge is 2.28. The van der Waals surface area contributed by atoms with Crippen LogP contribution in [0.4, 0.5) is 13.2 Å². The standard InChI is InChI=1S/C13H15F3N2O4/c1-18(6-2-3-11(19)20)12(21)9-4-5-17-10(7-9)22-8-13(14,15)16/h4-5,7H,2-3,6,8H2,1H3,(H,19,20). The fourth-order valence-electron chi connectivity index (χ4n) is 1.57. The maximum absolute atomic E-state index is 12.1. The summed E-state index contributed by atoms with van der Waals surface area (Å²) < 4.78 is 40.6. The molecule has 6 nitrogen and oxygen atoms in total. The number of halogens is 3. The van der Waals surface area contributed by atoms with Crippen LogP contribution in [0.5, 0.6) is 5.88 Å². The minimum absolute atomic E-state index is 0.0755. The maximum Gasteiger partial charge on any atom is 0.422 e. The highest BCUT2D eigenvalue weighted by molar-refractivity contribution is 5.94. The maximum atomic E-state index is 12.1. The van der Waals surface area contributed by atoms with E-state index in [1.54, 1.807) is 0 Å². The van der Waals surface area contributed by atoms with Crippen LogP contribution in [0.3, 0.4) is 0 Å². The molecule has 0 saturated carbocycles. The lowest BCUT2D eigenvalue weighted by Gasteiger charge is -2.17. The molecule has 122 valence electrons. The summed E-state index contributed by atoms with van der Waals surface area (Å²) in [6.45, 7) is -1.28. The quantitative estimate of drug-likeness (QED) is 0.831. The highest BCUT2D eigenvalue weighted by Crippen LogP contribution is 2.18. The zero-order chi connectivity index (χ0) is 16.8. The first kappa shape index (κ1) is 17.7. The van der Waals surface area contributed by atoms with Crippen LogP contribution in [0.15, 0.2) is 18.3 Å². The molecule has 0 saturated heterocycles. The van der Waals surface area contributed by atoms with Gasteiger partial charge < -0.3 is 14.7 Å². The second-order valence-corrected chi connectivity index (χ2v) is 4.51. The molecule has 1 aromatic rings. The van der Waals surface area contributed by atoms with E-state index < -0.39 is 24.7 Å². The zero-order valence-electron chi connectivity index (χ0n) is 11.8. The van der Waals surface area contributed by atoms with Crippen LogP contribution in [-0.4, -0.2) is 53.2 Å². The van der Waals surface area contributed by atoms with E-state index in [1.807, 2.05) is 0 Å². The summed E-state index contributed by atoms with van der Waals surface area (Å²) in [5, 5.41) is 8.52. The number of carbonyl (C=O) groups excluding carboxylic acids is 1. The van der Waals surface area contributed by atoms with Crippen LogP contribution < -0.4 is 4.74 Å². The third-order valence-corrected chi connectivity index (χ3v) is 2.60. The van der Waals surface area contributed by atoms with Crippen LogP contribution in [0.2, 0.25) is 0 Å². The molecule has 9 heteroatoms. The molecule has 1 rings (SSSR count). The largest absolute Gasteiger partial charge is 0.481 e. The van der Waals surface area contributed by atoms with E-state index in [0.717, 1.165) is 6.07 Å². The van der Waals surface area contributed by atoms with Gasteiger partial charge in [0.2, 0.25) is 5.88 Å². The van der Waals surface area contributed by atoms with Gasteiger partial charge in [-0.25, -0.2) is 4.98 Å². The normalized spacial score (nSPS) is 11.1. The van der Waals surface area contributed by atoms with E-state index in [2.05, 4.69) is 9.72 Å². The van der Waals surface area contributed by atoms with Crippen LogP contribution in [0.1, 0.15) is 23.2 Å². The van der Waals surface area contributed by atoms with Crippen LogP contribution >= 0.6 is 0 Å². The molecule has 0 fully saturated rings. The third kappa shape index (κ3) is 6.42. The summed E-state index contributed by atoms with van der Waals surface area (Å²) in [5.41, 5.74) is 0.116. The van der Waals surface area contributed by atoms with Crippen molar-refractivity contribution in [2.45, 2.75) is 19.0 Å². The van der Waals surface area contributed by atoms with Gasteiger partial charge in [-0.15, -0.1) is 0 Å². The van der Waals surface area contributed by atoms with E-state index in [1.165, 1.54) is 24.2 Å². The van der Waals surface area contributed by atoms with Crippen molar-refractivity contribution >= 4 is 11.9 Å². The van der Waals surface area contributed by atoms with Crippen molar-refractivity contribution in [3.05, 3.63) is 23.9 Å². The number of aromatic nitrogens is 1. The first-order valence-corrected chi connectivity index (χ1v) is 6.32. The fourth-order valence-corrected chi connectivity index (χ4v) is 1.57. The topological polar surface area (TPSA) is 79.7 Å². The lowest BCUT2D eigenvalue weighted by molar-refractivity contribution is -0.154. The van der Waals surface area contributed by atoms with Crippen molar-refractivity contribution < 1.29 is 32.6 Å². The second-order valence-electron chi connectivity index (χ2n) is 4.51. The Morgan fingerprint density at radius 1 is 1.41 bits per heavy atom. The fraction of sp³-hybridized carbons (Fsp3) is 0.462. The number of nitrogens with zero attached hydrogens (tertiary/aromatic N) is 2. The summed E-state index contributed by atoms with van der Waals surface area (Å²) in [4.78, 5) is 27.3. The van der Waals surface area contributed by atoms with Gasteiger partial charge in [0.15, 0.2) is 6.61 Å². The molecule has 1 amide bonds. The lowest BCUT2D eigenvalue weighted by atomic mass is 10.2. The van der Waals surface area contributed by atoms with E-state index in [9.17, 15) is 22.8 Å². The number of alkyl halides is 3. The van der Waals surface area contributed by atoms with Gasteiger partial charge in [-0.2, -0.15) is 13.2 Å². The molecule has 0 aliphatic rings.